The van der Waals surface area contributed by atoms with Gasteiger partial charge in [-0.2, -0.15) is 0 Å². The van der Waals surface area contributed by atoms with Gasteiger partial charge in [-0.15, -0.1) is 11.3 Å². The lowest BCUT2D eigenvalue weighted by molar-refractivity contribution is 0.0975. The summed E-state index contributed by atoms with van der Waals surface area (Å²) in [5.41, 5.74) is 8.85. The number of nitrogens with two attached hydrogens (primary N) is 1. The molecule has 1 aromatic carbocycles. The van der Waals surface area contributed by atoms with Gasteiger partial charge in [0.2, 0.25) is 0 Å². The molecule has 4 N–H and O–H groups in total. The lowest BCUT2D eigenvalue weighted by Crippen LogP contribution is -2.34. The van der Waals surface area contributed by atoms with E-state index in [1.165, 1.54) is 16.2 Å². The second-order valence-electron chi connectivity index (χ2n) is 8.60. The number of benzene rings is 1. The van der Waals surface area contributed by atoms with Crippen molar-refractivity contribution in [2.45, 2.75) is 47.0 Å². The van der Waals surface area contributed by atoms with Crippen LogP contribution in [0.25, 0.3) is 0 Å². The largest absolute Gasteiger partial charge is 0.365 e. The molecule has 0 unspecified atom stereocenters. The van der Waals surface area contributed by atoms with Gasteiger partial charge in [0, 0.05) is 10.4 Å². The van der Waals surface area contributed by atoms with Crippen molar-refractivity contribution in [3.05, 3.63) is 51.4 Å². The standard InChI is InChI=1S/C22H27N3O2S2/c1-12-7-5-6-8-14(12)19(27)24-21(28)25-20-17(18(23)26)15-10-9-13(22(2,3)4)11-16(15)29-20/h5-8,13H,9-11H2,1-4H3,(H2,23,26)(H2,24,25,27,28)/t13-/m0/s1. The first-order valence-corrected chi connectivity index (χ1v) is 10.9. The zero-order valence-corrected chi connectivity index (χ0v) is 18.9. The Bertz CT molecular complexity index is 973. The summed E-state index contributed by atoms with van der Waals surface area (Å²) in [4.78, 5) is 25.8. The number of carbonyl (C=O) groups excluding carboxylic acids is 2. The molecule has 0 saturated heterocycles. The average Bonchev–Trinajstić information content (AvgIpc) is 2.98. The third kappa shape index (κ3) is 4.67. The molecule has 1 aliphatic rings. The number of amides is 2. The summed E-state index contributed by atoms with van der Waals surface area (Å²) < 4.78 is 0. The van der Waals surface area contributed by atoms with Crippen molar-refractivity contribution in [3.63, 3.8) is 0 Å². The summed E-state index contributed by atoms with van der Waals surface area (Å²) in [5, 5.41) is 6.52. The first-order valence-electron chi connectivity index (χ1n) is 9.70. The first-order chi connectivity index (χ1) is 13.6. The van der Waals surface area contributed by atoms with Gasteiger partial charge in [0.25, 0.3) is 11.8 Å². The van der Waals surface area contributed by atoms with Crippen LogP contribution in [-0.2, 0) is 12.8 Å². The number of nitrogens with one attached hydrogen (secondary N) is 2. The monoisotopic (exact) mass is 429 g/mol. The van der Waals surface area contributed by atoms with E-state index in [4.69, 9.17) is 18.0 Å². The summed E-state index contributed by atoms with van der Waals surface area (Å²) in [6, 6.07) is 7.31. The number of thiophene rings is 1. The molecule has 29 heavy (non-hydrogen) atoms. The van der Waals surface area contributed by atoms with Crippen molar-refractivity contribution in [3.8, 4) is 0 Å². The third-order valence-corrected chi connectivity index (χ3v) is 6.95. The highest BCUT2D eigenvalue weighted by molar-refractivity contribution is 7.80. The number of hydrogen-bond donors (Lipinski definition) is 3. The van der Waals surface area contributed by atoms with Gasteiger partial charge in [-0.25, -0.2) is 0 Å². The van der Waals surface area contributed by atoms with Crippen molar-refractivity contribution >= 4 is 45.5 Å². The van der Waals surface area contributed by atoms with Crippen LogP contribution in [0.2, 0.25) is 0 Å². The Labute approximate surface area is 181 Å². The molecule has 0 aliphatic heterocycles. The number of rotatable bonds is 3. The van der Waals surface area contributed by atoms with Gasteiger partial charge in [-0.3, -0.25) is 14.9 Å². The van der Waals surface area contributed by atoms with Crippen molar-refractivity contribution < 1.29 is 9.59 Å². The minimum atomic E-state index is -0.466. The van der Waals surface area contributed by atoms with Gasteiger partial charge >= 0.3 is 0 Å². The third-order valence-electron chi connectivity index (χ3n) is 5.58. The molecule has 3 rings (SSSR count). The lowest BCUT2D eigenvalue weighted by Gasteiger charge is -2.33. The number of anilines is 1. The first kappa shape index (κ1) is 21.5. The van der Waals surface area contributed by atoms with E-state index in [-0.39, 0.29) is 16.4 Å². The van der Waals surface area contributed by atoms with E-state index in [9.17, 15) is 9.59 Å². The second-order valence-corrected chi connectivity index (χ2v) is 10.1. The molecule has 5 nitrogen and oxygen atoms in total. The van der Waals surface area contributed by atoms with Crippen LogP contribution in [-0.4, -0.2) is 16.9 Å². The quantitative estimate of drug-likeness (QED) is 0.630. The minimum absolute atomic E-state index is 0.159. The molecule has 154 valence electrons. The van der Waals surface area contributed by atoms with Crippen LogP contribution in [0, 0.1) is 18.3 Å². The molecule has 0 bridgehead atoms. The van der Waals surface area contributed by atoms with E-state index in [1.54, 1.807) is 6.07 Å². The Balaban J connectivity index is 1.80. The molecule has 7 heteroatoms. The highest BCUT2D eigenvalue weighted by Crippen LogP contribution is 2.44. The maximum atomic E-state index is 12.5. The highest BCUT2D eigenvalue weighted by atomic mass is 32.1. The van der Waals surface area contributed by atoms with E-state index in [1.807, 2.05) is 25.1 Å². The van der Waals surface area contributed by atoms with E-state index in [2.05, 4.69) is 31.4 Å². The molecule has 0 saturated carbocycles. The summed E-state index contributed by atoms with van der Waals surface area (Å²) in [6.45, 7) is 8.62. The fraction of sp³-hybridized carbons (Fsp3) is 0.409. The summed E-state index contributed by atoms with van der Waals surface area (Å²) >= 11 is 6.85. The number of aryl methyl sites for hydroxylation is 1. The minimum Gasteiger partial charge on any atom is -0.365 e. The van der Waals surface area contributed by atoms with Crippen LogP contribution in [0.1, 0.15) is 63.9 Å². The molecule has 0 fully saturated rings. The van der Waals surface area contributed by atoms with E-state index in [0.29, 0.717) is 22.0 Å². The second kappa shape index (κ2) is 8.24. The van der Waals surface area contributed by atoms with Crippen LogP contribution < -0.4 is 16.4 Å². The molecule has 1 aliphatic carbocycles. The zero-order valence-electron chi connectivity index (χ0n) is 17.2. The molecule has 2 amide bonds. The number of primary amides is 1. The van der Waals surface area contributed by atoms with Gasteiger partial charge in [0.05, 0.1) is 5.56 Å². The number of fused-ring (bicyclic) bond motifs is 1. The van der Waals surface area contributed by atoms with Gasteiger partial charge in [-0.1, -0.05) is 39.0 Å². The van der Waals surface area contributed by atoms with Crippen LogP contribution >= 0.6 is 23.6 Å². The van der Waals surface area contributed by atoms with Crippen LogP contribution in [0.15, 0.2) is 24.3 Å². The van der Waals surface area contributed by atoms with E-state index in [0.717, 1.165) is 30.4 Å². The van der Waals surface area contributed by atoms with Crippen molar-refractivity contribution in [2.24, 2.45) is 17.1 Å². The summed E-state index contributed by atoms with van der Waals surface area (Å²) in [7, 11) is 0. The Morgan fingerprint density at radius 1 is 1.24 bits per heavy atom. The van der Waals surface area contributed by atoms with Gasteiger partial charge in [-0.05, 0) is 66.9 Å². The maximum Gasteiger partial charge on any atom is 0.257 e. The lowest BCUT2D eigenvalue weighted by atomic mass is 9.72. The summed E-state index contributed by atoms with van der Waals surface area (Å²) in [6.07, 6.45) is 2.78. The molecule has 1 heterocycles. The molecule has 1 aromatic heterocycles. The van der Waals surface area contributed by atoms with Crippen LogP contribution in [0.3, 0.4) is 0 Å². The molecular formula is C22H27N3O2S2. The number of carbonyl (C=O) groups is 2. The Hall–Kier alpha value is -2.25. The molecule has 2 aromatic rings. The number of hydrogen-bond acceptors (Lipinski definition) is 4. The SMILES string of the molecule is Cc1ccccc1C(=O)NC(=S)Nc1sc2c(c1C(N)=O)CC[C@H](C(C)(C)C)C2. The van der Waals surface area contributed by atoms with Crippen molar-refractivity contribution in [1.82, 2.24) is 5.32 Å². The average molecular weight is 430 g/mol. The number of thiocarbonyl (C=S) groups is 1. The Morgan fingerprint density at radius 2 is 1.93 bits per heavy atom. The normalized spacial score (nSPS) is 16.1. The Morgan fingerprint density at radius 3 is 2.55 bits per heavy atom. The fourth-order valence-corrected chi connectivity index (χ4v) is 5.40. The Kier molecular flexibility index (Phi) is 6.10. The van der Waals surface area contributed by atoms with E-state index >= 15 is 0 Å². The fourth-order valence-electron chi connectivity index (χ4n) is 3.81. The predicted molar refractivity (Wildman–Crippen MR) is 123 cm³/mol. The predicted octanol–water partition coefficient (Wildman–Crippen LogP) is 4.43. The molecule has 1 atom stereocenters. The van der Waals surface area contributed by atoms with Crippen LogP contribution in [0.4, 0.5) is 5.00 Å². The van der Waals surface area contributed by atoms with Gasteiger partial charge in [0.1, 0.15) is 5.00 Å². The van der Waals surface area contributed by atoms with Gasteiger partial charge < -0.3 is 11.1 Å². The maximum absolute atomic E-state index is 12.5. The molecule has 0 radical (unpaired) electrons. The smallest absolute Gasteiger partial charge is 0.257 e. The van der Waals surface area contributed by atoms with Crippen LogP contribution in [0.5, 0.6) is 0 Å². The zero-order chi connectivity index (χ0) is 21.3. The van der Waals surface area contributed by atoms with Crippen molar-refractivity contribution in [2.75, 3.05) is 5.32 Å². The molecule has 0 spiro atoms. The van der Waals surface area contributed by atoms with Gasteiger partial charge in [0.15, 0.2) is 5.11 Å². The topological polar surface area (TPSA) is 84.2 Å². The molecular weight excluding hydrogens is 402 g/mol. The van der Waals surface area contributed by atoms with Crippen molar-refractivity contribution in [1.29, 1.82) is 0 Å². The highest BCUT2D eigenvalue weighted by Gasteiger charge is 2.33. The summed E-state index contributed by atoms with van der Waals surface area (Å²) in [5.74, 6) is -0.197. The van der Waals surface area contributed by atoms with E-state index < -0.39 is 5.91 Å².